The second kappa shape index (κ2) is 7.14. The minimum Gasteiger partial charge on any atom is -0.322 e. The first kappa shape index (κ1) is 16.6. The van der Waals surface area contributed by atoms with Crippen molar-refractivity contribution in [3.8, 4) is 0 Å². The van der Waals surface area contributed by atoms with Gasteiger partial charge in [0.2, 0.25) is 0 Å². The first-order chi connectivity index (χ1) is 12.7. The lowest BCUT2D eigenvalue weighted by atomic mass is 10.0. The van der Waals surface area contributed by atoms with Gasteiger partial charge in [-0.2, -0.15) is 0 Å². The Bertz CT molecular complexity index is 1110. The van der Waals surface area contributed by atoms with Crippen LogP contribution in [0.25, 0.3) is 21.7 Å². The summed E-state index contributed by atoms with van der Waals surface area (Å²) < 4.78 is 0. The van der Waals surface area contributed by atoms with Crippen molar-refractivity contribution in [1.29, 1.82) is 0 Å². The lowest BCUT2D eigenvalue weighted by molar-refractivity contribution is 0.330. The number of rotatable bonds is 5. The van der Waals surface area contributed by atoms with Crippen molar-refractivity contribution in [1.82, 2.24) is 9.88 Å². The average molecular weight is 342 g/mol. The van der Waals surface area contributed by atoms with Gasteiger partial charge in [0.15, 0.2) is 0 Å². The molecule has 3 aromatic carbocycles. The number of H-pyrrole nitrogens is 1. The summed E-state index contributed by atoms with van der Waals surface area (Å²) in [7, 11) is 2.07. The minimum atomic E-state index is 0.000658. The highest BCUT2D eigenvalue weighted by atomic mass is 16.1. The van der Waals surface area contributed by atoms with Crippen LogP contribution in [-0.4, -0.2) is 23.5 Å². The molecule has 0 unspecified atom stereocenters. The number of nitrogens with one attached hydrogen (secondary N) is 1. The van der Waals surface area contributed by atoms with Crippen molar-refractivity contribution in [2.45, 2.75) is 13.0 Å². The van der Waals surface area contributed by atoms with Crippen molar-refractivity contribution in [3.63, 3.8) is 0 Å². The van der Waals surface area contributed by atoms with E-state index >= 15 is 0 Å². The van der Waals surface area contributed by atoms with Gasteiger partial charge in [-0.05, 0) is 47.3 Å². The van der Waals surface area contributed by atoms with E-state index in [1.165, 1.54) is 16.3 Å². The average Bonchev–Trinajstić information content (AvgIpc) is 2.67. The van der Waals surface area contributed by atoms with Gasteiger partial charge in [0.25, 0.3) is 5.56 Å². The summed E-state index contributed by atoms with van der Waals surface area (Å²) in [5, 5.41) is 3.66. The van der Waals surface area contributed by atoms with Crippen molar-refractivity contribution >= 4 is 21.7 Å². The predicted molar refractivity (Wildman–Crippen MR) is 109 cm³/mol. The highest BCUT2D eigenvalue weighted by Crippen LogP contribution is 2.19. The molecule has 0 atom stereocenters. The van der Waals surface area contributed by atoms with Gasteiger partial charge in [-0.1, -0.05) is 60.7 Å². The molecule has 0 amide bonds. The van der Waals surface area contributed by atoms with Gasteiger partial charge in [0, 0.05) is 24.2 Å². The highest BCUT2D eigenvalue weighted by Gasteiger charge is 2.08. The van der Waals surface area contributed by atoms with Gasteiger partial charge in [0.1, 0.15) is 0 Å². The van der Waals surface area contributed by atoms with Crippen LogP contribution < -0.4 is 5.56 Å². The smallest absolute Gasteiger partial charge is 0.252 e. The Morgan fingerprint density at radius 2 is 1.58 bits per heavy atom. The largest absolute Gasteiger partial charge is 0.322 e. The fourth-order valence-corrected chi connectivity index (χ4v) is 3.50. The first-order valence-corrected chi connectivity index (χ1v) is 8.97. The SMILES string of the molecule is CN(CCc1cccc2ccccc12)Cc1cc2ccccc2[nH]c1=O. The third kappa shape index (κ3) is 3.39. The molecule has 0 bridgehead atoms. The van der Waals surface area contributed by atoms with E-state index in [0.717, 1.165) is 29.4 Å². The number of hydrogen-bond donors (Lipinski definition) is 1. The fourth-order valence-electron chi connectivity index (χ4n) is 3.50. The molecule has 26 heavy (non-hydrogen) atoms. The van der Waals surface area contributed by atoms with Gasteiger partial charge in [-0.3, -0.25) is 4.79 Å². The molecule has 0 saturated carbocycles. The molecule has 0 aliphatic carbocycles. The van der Waals surface area contributed by atoms with Gasteiger partial charge < -0.3 is 9.88 Å². The van der Waals surface area contributed by atoms with Gasteiger partial charge in [-0.25, -0.2) is 0 Å². The molecule has 130 valence electrons. The number of para-hydroxylation sites is 1. The molecular weight excluding hydrogens is 320 g/mol. The molecule has 0 radical (unpaired) electrons. The molecular formula is C23H22N2O. The highest BCUT2D eigenvalue weighted by molar-refractivity contribution is 5.85. The molecule has 4 rings (SSSR count). The minimum absolute atomic E-state index is 0.000658. The zero-order valence-corrected chi connectivity index (χ0v) is 14.9. The lowest BCUT2D eigenvalue weighted by Crippen LogP contribution is -2.25. The summed E-state index contributed by atoms with van der Waals surface area (Å²) in [6.45, 7) is 1.55. The van der Waals surface area contributed by atoms with E-state index in [2.05, 4.69) is 59.4 Å². The van der Waals surface area contributed by atoms with E-state index in [-0.39, 0.29) is 5.56 Å². The molecule has 0 fully saturated rings. The number of pyridine rings is 1. The van der Waals surface area contributed by atoms with Crippen molar-refractivity contribution in [2.75, 3.05) is 13.6 Å². The number of likely N-dealkylation sites (N-methyl/N-ethyl adjacent to an activating group) is 1. The molecule has 3 heteroatoms. The molecule has 1 aromatic heterocycles. The van der Waals surface area contributed by atoms with E-state index in [0.29, 0.717) is 6.54 Å². The summed E-state index contributed by atoms with van der Waals surface area (Å²) in [6, 6.07) is 24.9. The summed E-state index contributed by atoms with van der Waals surface area (Å²) in [5.41, 5.74) is 3.05. The third-order valence-corrected chi connectivity index (χ3v) is 4.91. The number of aromatic nitrogens is 1. The van der Waals surface area contributed by atoms with Crippen LogP contribution in [0.3, 0.4) is 0 Å². The van der Waals surface area contributed by atoms with Crippen LogP contribution in [0, 0.1) is 0 Å². The molecule has 4 aromatic rings. The van der Waals surface area contributed by atoms with E-state index in [4.69, 9.17) is 0 Å². The topological polar surface area (TPSA) is 36.1 Å². The Kier molecular flexibility index (Phi) is 4.55. The summed E-state index contributed by atoms with van der Waals surface area (Å²) >= 11 is 0. The van der Waals surface area contributed by atoms with E-state index in [9.17, 15) is 4.79 Å². The van der Waals surface area contributed by atoms with Crippen molar-refractivity contribution < 1.29 is 0 Å². The normalized spacial score (nSPS) is 11.5. The Labute approximate surface area is 152 Å². The molecule has 1 heterocycles. The number of fused-ring (bicyclic) bond motifs is 2. The zero-order chi connectivity index (χ0) is 17.9. The molecule has 3 nitrogen and oxygen atoms in total. The summed E-state index contributed by atoms with van der Waals surface area (Å²) in [6.07, 6.45) is 0.962. The maximum Gasteiger partial charge on any atom is 0.252 e. The third-order valence-electron chi connectivity index (χ3n) is 4.91. The maximum absolute atomic E-state index is 12.3. The van der Waals surface area contributed by atoms with Gasteiger partial charge >= 0.3 is 0 Å². The van der Waals surface area contributed by atoms with E-state index in [1.807, 2.05) is 30.3 Å². The van der Waals surface area contributed by atoms with Crippen molar-refractivity contribution in [3.05, 3.63) is 94.3 Å². The standard InChI is InChI=1S/C23H22N2O/c1-25(14-13-18-10-6-9-17-7-2-4-11-21(17)18)16-20-15-19-8-3-5-12-22(19)24-23(20)26/h2-12,15H,13-14,16H2,1H3,(H,24,26). The second-order valence-electron chi connectivity index (χ2n) is 6.84. The Hall–Kier alpha value is -2.91. The van der Waals surface area contributed by atoms with E-state index < -0.39 is 0 Å². The van der Waals surface area contributed by atoms with Crippen LogP contribution in [-0.2, 0) is 13.0 Å². The van der Waals surface area contributed by atoms with Crippen LogP contribution in [0.2, 0.25) is 0 Å². The zero-order valence-electron chi connectivity index (χ0n) is 14.9. The van der Waals surface area contributed by atoms with Crippen LogP contribution in [0.1, 0.15) is 11.1 Å². The Balaban J connectivity index is 1.50. The second-order valence-corrected chi connectivity index (χ2v) is 6.84. The van der Waals surface area contributed by atoms with Crippen LogP contribution in [0.5, 0.6) is 0 Å². The number of nitrogens with zero attached hydrogens (tertiary/aromatic N) is 1. The number of aromatic amines is 1. The van der Waals surface area contributed by atoms with Gasteiger partial charge in [-0.15, -0.1) is 0 Å². The predicted octanol–water partition coefficient (Wildman–Crippen LogP) is 4.36. The molecule has 0 spiro atoms. The molecule has 0 aliphatic rings. The van der Waals surface area contributed by atoms with Crippen LogP contribution in [0.15, 0.2) is 77.6 Å². The Morgan fingerprint density at radius 1 is 0.846 bits per heavy atom. The summed E-state index contributed by atoms with van der Waals surface area (Å²) in [4.78, 5) is 17.5. The van der Waals surface area contributed by atoms with Crippen LogP contribution >= 0.6 is 0 Å². The van der Waals surface area contributed by atoms with E-state index in [1.54, 1.807) is 0 Å². The quantitative estimate of drug-likeness (QED) is 0.585. The maximum atomic E-state index is 12.3. The van der Waals surface area contributed by atoms with Crippen LogP contribution in [0.4, 0.5) is 0 Å². The van der Waals surface area contributed by atoms with Crippen molar-refractivity contribution in [2.24, 2.45) is 0 Å². The fraction of sp³-hybridized carbons (Fsp3) is 0.174. The molecule has 0 saturated heterocycles. The van der Waals surface area contributed by atoms with Gasteiger partial charge in [0.05, 0.1) is 0 Å². The first-order valence-electron chi connectivity index (χ1n) is 8.97. The lowest BCUT2D eigenvalue weighted by Gasteiger charge is -2.17. The number of hydrogen-bond acceptors (Lipinski definition) is 2. The molecule has 0 aliphatic heterocycles. The summed E-state index contributed by atoms with van der Waals surface area (Å²) in [5.74, 6) is 0. The Morgan fingerprint density at radius 3 is 2.46 bits per heavy atom. The monoisotopic (exact) mass is 342 g/mol. The number of benzene rings is 3. The molecule has 1 N–H and O–H groups in total.